The molecule has 4 nitrogen and oxygen atoms in total. The van der Waals surface area contributed by atoms with Gasteiger partial charge in [0.15, 0.2) is 0 Å². The molecule has 0 spiro atoms. The van der Waals surface area contributed by atoms with Gasteiger partial charge in [-0.2, -0.15) is 0 Å². The van der Waals surface area contributed by atoms with Crippen LogP contribution in [0.5, 0.6) is 0 Å². The van der Waals surface area contributed by atoms with E-state index in [1.54, 1.807) is 25.1 Å². The van der Waals surface area contributed by atoms with Gasteiger partial charge in [-0.1, -0.05) is 29.3 Å². The number of hydrogen-bond acceptors (Lipinski definition) is 4. The largest absolute Gasteiger partial charge is 0.465 e. The normalized spacial score (nSPS) is 12.5. The maximum absolute atomic E-state index is 12.1. The fourth-order valence-corrected chi connectivity index (χ4v) is 2.36. The molecule has 1 aromatic rings. The Morgan fingerprint density at radius 3 is 2.45 bits per heavy atom. The van der Waals surface area contributed by atoms with Crippen molar-refractivity contribution in [1.29, 1.82) is 0 Å². The minimum atomic E-state index is -0.656. The second kappa shape index (κ2) is 8.47. The van der Waals surface area contributed by atoms with Crippen molar-refractivity contribution in [3.05, 3.63) is 33.8 Å². The molecule has 0 bridgehead atoms. The maximum Gasteiger partial charge on any atom is 0.327 e. The molecule has 0 fully saturated rings. The van der Waals surface area contributed by atoms with Crippen LogP contribution in [0, 0.1) is 0 Å². The number of likely N-dealkylation sites (N-methyl/N-ethyl adjacent to an activating group) is 1. The number of ether oxygens (including phenoxy) is 1. The molecular formula is C14H20Cl2N2O2. The molecule has 1 N–H and O–H groups in total. The Morgan fingerprint density at radius 1 is 1.35 bits per heavy atom. The van der Waals surface area contributed by atoms with Crippen LogP contribution in [0.25, 0.3) is 0 Å². The first-order valence-electron chi connectivity index (χ1n) is 6.46. The molecule has 0 heterocycles. The zero-order valence-electron chi connectivity index (χ0n) is 12.0. The van der Waals surface area contributed by atoms with Gasteiger partial charge in [0.1, 0.15) is 6.04 Å². The zero-order chi connectivity index (χ0) is 15.1. The summed E-state index contributed by atoms with van der Waals surface area (Å²) < 4.78 is 5.09. The van der Waals surface area contributed by atoms with Crippen molar-refractivity contribution >= 4 is 29.2 Å². The summed E-state index contributed by atoms with van der Waals surface area (Å²) in [5.74, 6) is -0.374. The van der Waals surface area contributed by atoms with Crippen LogP contribution < -0.4 is 5.32 Å². The molecule has 0 amide bonds. The Kier molecular flexibility index (Phi) is 7.30. The molecule has 0 radical (unpaired) electrons. The Morgan fingerprint density at radius 2 is 1.95 bits per heavy atom. The standard InChI is InChI=1S/C14H20Cl2N2O2/c1-4-20-14(19)13(17-8-9-18(2)3)12-10(15)6-5-7-11(12)16/h5-7,13,17H,4,8-9H2,1-3H3. The van der Waals surface area contributed by atoms with E-state index in [1.807, 2.05) is 19.0 Å². The monoisotopic (exact) mass is 318 g/mol. The lowest BCUT2D eigenvalue weighted by molar-refractivity contribution is -0.145. The quantitative estimate of drug-likeness (QED) is 0.785. The number of halogens is 2. The molecule has 1 unspecified atom stereocenters. The fourth-order valence-electron chi connectivity index (χ4n) is 1.75. The highest BCUT2D eigenvalue weighted by Crippen LogP contribution is 2.30. The van der Waals surface area contributed by atoms with Crippen molar-refractivity contribution in [2.45, 2.75) is 13.0 Å². The predicted molar refractivity (Wildman–Crippen MR) is 82.4 cm³/mol. The Bertz CT molecular complexity index is 433. The molecule has 112 valence electrons. The maximum atomic E-state index is 12.1. The highest BCUT2D eigenvalue weighted by molar-refractivity contribution is 6.36. The molecule has 1 aromatic carbocycles. The van der Waals surface area contributed by atoms with E-state index in [1.165, 1.54) is 0 Å². The first kappa shape index (κ1) is 17.2. The summed E-state index contributed by atoms with van der Waals surface area (Å²) in [5.41, 5.74) is 0.563. The smallest absolute Gasteiger partial charge is 0.327 e. The molecule has 20 heavy (non-hydrogen) atoms. The van der Waals surface area contributed by atoms with Gasteiger partial charge in [0.25, 0.3) is 0 Å². The number of rotatable bonds is 7. The van der Waals surface area contributed by atoms with Crippen molar-refractivity contribution in [2.24, 2.45) is 0 Å². The van der Waals surface area contributed by atoms with Crippen LogP contribution in [0.15, 0.2) is 18.2 Å². The summed E-state index contributed by atoms with van der Waals surface area (Å²) in [6, 6.07) is 4.51. The Balaban J connectivity index is 2.94. The highest BCUT2D eigenvalue weighted by Gasteiger charge is 2.26. The summed E-state index contributed by atoms with van der Waals surface area (Å²) in [4.78, 5) is 14.1. The van der Waals surface area contributed by atoms with Crippen LogP contribution in [0.3, 0.4) is 0 Å². The van der Waals surface area contributed by atoms with Gasteiger partial charge in [0.2, 0.25) is 0 Å². The summed E-state index contributed by atoms with van der Waals surface area (Å²) in [5, 5.41) is 4.05. The van der Waals surface area contributed by atoms with Gasteiger partial charge in [-0.3, -0.25) is 5.32 Å². The number of nitrogens with one attached hydrogen (secondary N) is 1. The van der Waals surface area contributed by atoms with Gasteiger partial charge in [0, 0.05) is 28.7 Å². The van der Waals surface area contributed by atoms with E-state index in [2.05, 4.69) is 5.32 Å². The van der Waals surface area contributed by atoms with E-state index in [4.69, 9.17) is 27.9 Å². The third-order valence-corrected chi connectivity index (χ3v) is 3.38. The van der Waals surface area contributed by atoms with Gasteiger partial charge < -0.3 is 9.64 Å². The number of benzene rings is 1. The highest BCUT2D eigenvalue weighted by atomic mass is 35.5. The van der Waals surface area contributed by atoms with Gasteiger partial charge in [-0.05, 0) is 33.2 Å². The van der Waals surface area contributed by atoms with Gasteiger partial charge >= 0.3 is 5.97 Å². The van der Waals surface area contributed by atoms with E-state index in [9.17, 15) is 4.79 Å². The lowest BCUT2D eigenvalue weighted by atomic mass is 10.1. The molecule has 0 aliphatic heterocycles. The number of carbonyl (C=O) groups excluding carboxylic acids is 1. The van der Waals surface area contributed by atoms with Crippen LogP contribution in [-0.4, -0.2) is 44.7 Å². The molecule has 0 saturated carbocycles. The molecule has 0 saturated heterocycles. The summed E-state index contributed by atoms with van der Waals surface area (Å²) in [7, 11) is 3.92. The second-order valence-corrected chi connectivity index (χ2v) is 5.39. The lowest BCUT2D eigenvalue weighted by Gasteiger charge is -2.21. The first-order chi connectivity index (χ1) is 9.47. The van der Waals surface area contributed by atoms with Gasteiger partial charge in [0.05, 0.1) is 6.61 Å². The van der Waals surface area contributed by atoms with Crippen LogP contribution in [0.2, 0.25) is 10.0 Å². The van der Waals surface area contributed by atoms with Crippen molar-refractivity contribution in [1.82, 2.24) is 10.2 Å². The molecule has 0 aliphatic carbocycles. The van der Waals surface area contributed by atoms with E-state index in [0.29, 0.717) is 28.8 Å². The van der Waals surface area contributed by atoms with E-state index >= 15 is 0 Å². The van der Waals surface area contributed by atoms with Crippen LogP contribution in [0.4, 0.5) is 0 Å². The zero-order valence-corrected chi connectivity index (χ0v) is 13.5. The number of esters is 1. The van der Waals surface area contributed by atoms with Gasteiger partial charge in [-0.15, -0.1) is 0 Å². The van der Waals surface area contributed by atoms with E-state index in [0.717, 1.165) is 6.54 Å². The van der Waals surface area contributed by atoms with Gasteiger partial charge in [-0.25, -0.2) is 4.79 Å². The second-order valence-electron chi connectivity index (χ2n) is 4.58. The average Bonchev–Trinajstić information content (AvgIpc) is 2.36. The lowest BCUT2D eigenvalue weighted by Crippen LogP contribution is -2.35. The Hall–Kier alpha value is -0.810. The molecule has 0 aliphatic rings. The number of hydrogen-bond donors (Lipinski definition) is 1. The number of carbonyl (C=O) groups is 1. The van der Waals surface area contributed by atoms with Crippen molar-refractivity contribution in [3.8, 4) is 0 Å². The summed E-state index contributed by atoms with van der Waals surface area (Å²) in [6.45, 7) is 3.49. The SMILES string of the molecule is CCOC(=O)C(NCCN(C)C)c1c(Cl)cccc1Cl. The predicted octanol–water partition coefficient (Wildman–Crippen LogP) is 2.75. The summed E-state index contributed by atoms with van der Waals surface area (Å²) in [6.07, 6.45) is 0. The topological polar surface area (TPSA) is 41.6 Å². The first-order valence-corrected chi connectivity index (χ1v) is 7.21. The third-order valence-electron chi connectivity index (χ3n) is 2.72. The minimum absolute atomic E-state index is 0.312. The van der Waals surface area contributed by atoms with E-state index < -0.39 is 6.04 Å². The molecular weight excluding hydrogens is 299 g/mol. The average molecular weight is 319 g/mol. The minimum Gasteiger partial charge on any atom is -0.465 e. The molecule has 0 aromatic heterocycles. The van der Waals surface area contributed by atoms with Crippen molar-refractivity contribution in [2.75, 3.05) is 33.8 Å². The molecule has 6 heteroatoms. The Labute approximate surface area is 130 Å². The third kappa shape index (κ3) is 4.94. The molecule has 1 atom stereocenters. The fraction of sp³-hybridized carbons (Fsp3) is 0.500. The summed E-state index contributed by atoms with van der Waals surface area (Å²) >= 11 is 12.3. The van der Waals surface area contributed by atoms with Crippen molar-refractivity contribution in [3.63, 3.8) is 0 Å². The van der Waals surface area contributed by atoms with Crippen LogP contribution >= 0.6 is 23.2 Å². The number of nitrogens with zero attached hydrogens (tertiary/aromatic N) is 1. The van der Waals surface area contributed by atoms with Crippen LogP contribution in [-0.2, 0) is 9.53 Å². The van der Waals surface area contributed by atoms with Crippen LogP contribution in [0.1, 0.15) is 18.5 Å². The molecule has 1 rings (SSSR count). The van der Waals surface area contributed by atoms with Crippen molar-refractivity contribution < 1.29 is 9.53 Å². The van der Waals surface area contributed by atoms with E-state index in [-0.39, 0.29) is 5.97 Å².